The maximum atomic E-state index is 13.3. The van der Waals surface area contributed by atoms with E-state index < -0.39 is 17.5 Å². The molecule has 3 aromatic carbocycles. The molecule has 0 saturated carbocycles. The largest absolute Gasteiger partial charge is 0.456 e. The van der Waals surface area contributed by atoms with Crippen molar-refractivity contribution in [3.8, 4) is 17.2 Å². The first-order valence-corrected chi connectivity index (χ1v) is 12.3. The number of benzene rings is 3. The van der Waals surface area contributed by atoms with E-state index in [4.69, 9.17) is 49.6 Å². The van der Waals surface area contributed by atoms with Crippen LogP contribution in [0.4, 0.5) is 5.69 Å². The molecule has 2 aliphatic rings. The van der Waals surface area contributed by atoms with Crippen molar-refractivity contribution < 1.29 is 28.6 Å². The second-order valence-electron chi connectivity index (χ2n) is 8.81. The van der Waals surface area contributed by atoms with Gasteiger partial charge in [-0.3, -0.25) is 9.59 Å². The maximum absolute atomic E-state index is 13.3. The van der Waals surface area contributed by atoms with E-state index in [-0.39, 0.29) is 28.7 Å². The van der Waals surface area contributed by atoms with Crippen molar-refractivity contribution in [1.82, 2.24) is 0 Å². The predicted molar refractivity (Wildman–Crippen MR) is 142 cm³/mol. The lowest BCUT2D eigenvalue weighted by molar-refractivity contribution is -0.131. The van der Waals surface area contributed by atoms with Crippen molar-refractivity contribution in [2.24, 2.45) is 0 Å². The second kappa shape index (κ2) is 9.13. The Morgan fingerprint density at radius 3 is 2.30 bits per heavy atom. The number of thiocarbonyl (C=S) groups is 1. The lowest BCUT2D eigenvalue weighted by Crippen LogP contribution is -2.33. The molecule has 10 heteroatoms. The molecule has 1 spiro atoms. The Balaban J connectivity index is 1.80. The Bertz CT molecular complexity index is 1480. The summed E-state index contributed by atoms with van der Waals surface area (Å²) >= 11 is 18.2. The molecule has 1 unspecified atom stereocenters. The van der Waals surface area contributed by atoms with Gasteiger partial charge in [0.05, 0.1) is 15.6 Å². The van der Waals surface area contributed by atoms with Crippen LogP contribution in [0.1, 0.15) is 53.4 Å². The average molecular weight is 556 g/mol. The van der Waals surface area contributed by atoms with Crippen LogP contribution in [-0.4, -0.2) is 22.7 Å². The lowest BCUT2D eigenvalue weighted by atomic mass is 9.77. The van der Waals surface area contributed by atoms with Crippen LogP contribution in [0.2, 0.25) is 10.0 Å². The molecular formula is C27H19Cl2NO6S. The normalized spacial score (nSPS) is 16.7. The van der Waals surface area contributed by atoms with Gasteiger partial charge in [-0.05, 0) is 49.7 Å². The molecule has 0 radical (unpaired) electrons. The van der Waals surface area contributed by atoms with Crippen molar-refractivity contribution in [3.63, 3.8) is 0 Å². The van der Waals surface area contributed by atoms with E-state index in [0.29, 0.717) is 49.3 Å². The molecule has 2 aliphatic heterocycles. The average Bonchev–Trinajstić information content (AvgIpc) is 3.08. The van der Waals surface area contributed by atoms with Crippen molar-refractivity contribution in [2.45, 2.75) is 32.8 Å². The van der Waals surface area contributed by atoms with Gasteiger partial charge < -0.3 is 19.5 Å². The molecule has 1 N–H and O–H groups in total. The number of esters is 2. The van der Waals surface area contributed by atoms with E-state index in [1.807, 2.05) is 0 Å². The number of hydrogen-bond acceptors (Lipinski definition) is 7. The fourth-order valence-electron chi connectivity index (χ4n) is 4.70. The molecule has 0 bridgehead atoms. The van der Waals surface area contributed by atoms with Crippen LogP contribution in [0.15, 0.2) is 42.5 Å². The molecule has 0 fully saturated rings. The van der Waals surface area contributed by atoms with E-state index >= 15 is 0 Å². The third-order valence-corrected chi connectivity index (χ3v) is 6.79. The zero-order valence-corrected chi connectivity index (χ0v) is 22.2. The molecule has 37 heavy (non-hydrogen) atoms. The molecular weight excluding hydrogens is 537 g/mol. The minimum Gasteiger partial charge on any atom is -0.456 e. The van der Waals surface area contributed by atoms with Gasteiger partial charge >= 0.3 is 11.9 Å². The SMILES string of the molecule is CC(=O)Cc1cc2c(cc1Cl)C1(OC(=O)c3cc(NC(C)=S)ccc31)c1cc(Cl)c(OC(C)=O)cc1O2. The Morgan fingerprint density at radius 2 is 1.65 bits per heavy atom. The summed E-state index contributed by atoms with van der Waals surface area (Å²) in [6.07, 6.45) is 0.0942. The summed E-state index contributed by atoms with van der Waals surface area (Å²) in [4.78, 5) is 37.3. The number of ether oxygens (including phenoxy) is 3. The molecule has 188 valence electrons. The van der Waals surface area contributed by atoms with Crippen LogP contribution < -0.4 is 14.8 Å². The molecule has 2 heterocycles. The van der Waals surface area contributed by atoms with Gasteiger partial charge in [0.1, 0.15) is 17.3 Å². The summed E-state index contributed by atoms with van der Waals surface area (Å²) in [7, 11) is 0. The molecule has 5 rings (SSSR count). The third-order valence-electron chi connectivity index (χ3n) is 6.04. The standard InChI is InChI=1S/C27H19Cl2NO6S/c1-12(31)6-15-7-23-19(9-21(15)28)27(20-10-22(29)25(34-14(3)32)11-24(20)35-23)18-5-4-16(30-13(2)37)8-17(18)26(33)36-27/h4-5,7-11H,6H2,1-3H3,(H,30,37). The van der Waals surface area contributed by atoms with Gasteiger partial charge in [0.2, 0.25) is 0 Å². The molecule has 0 saturated heterocycles. The van der Waals surface area contributed by atoms with Gasteiger partial charge in [-0.2, -0.15) is 0 Å². The highest BCUT2D eigenvalue weighted by Gasteiger charge is 2.54. The number of hydrogen-bond donors (Lipinski definition) is 1. The number of carbonyl (C=O) groups is 3. The number of halogens is 2. The Morgan fingerprint density at radius 1 is 0.973 bits per heavy atom. The zero-order chi connectivity index (χ0) is 26.6. The first-order valence-electron chi connectivity index (χ1n) is 11.2. The van der Waals surface area contributed by atoms with Gasteiger partial charge in [0.25, 0.3) is 0 Å². The predicted octanol–water partition coefficient (Wildman–Crippen LogP) is 6.38. The number of Topliss-reactive ketones (excluding diaryl/α,β-unsaturated/α-hetero) is 1. The molecule has 0 amide bonds. The number of nitrogens with one attached hydrogen (secondary N) is 1. The fourth-order valence-corrected chi connectivity index (χ4v) is 5.25. The number of rotatable bonds is 4. The van der Waals surface area contributed by atoms with Gasteiger partial charge in [0, 0.05) is 46.8 Å². The Hall–Kier alpha value is -3.46. The molecule has 3 aromatic rings. The monoisotopic (exact) mass is 555 g/mol. The molecule has 0 aromatic heterocycles. The summed E-state index contributed by atoms with van der Waals surface area (Å²) in [5.74, 6) is -0.518. The second-order valence-corrected chi connectivity index (χ2v) is 10.2. The molecule has 7 nitrogen and oxygen atoms in total. The fraction of sp³-hybridized carbons (Fsp3) is 0.185. The Kier molecular flexibility index (Phi) is 6.22. The van der Waals surface area contributed by atoms with E-state index in [1.54, 1.807) is 43.3 Å². The lowest BCUT2D eigenvalue weighted by Gasteiger charge is -2.37. The van der Waals surface area contributed by atoms with Crippen LogP contribution >= 0.6 is 35.4 Å². The van der Waals surface area contributed by atoms with Crippen molar-refractivity contribution in [3.05, 3.63) is 80.3 Å². The molecule has 0 aliphatic carbocycles. The van der Waals surface area contributed by atoms with E-state index in [1.165, 1.54) is 19.9 Å². The van der Waals surface area contributed by atoms with Gasteiger partial charge in [-0.25, -0.2) is 4.79 Å². The van der Waals surface area contributed by atoms with Crippen molar-refractivity contribution >= 4 is 63.8 Å². The number of fused-ring (bicyclic) bond motifs is 6. The Labute approximate surface area is 227 Å². The third kappa shape index (κ3) is 4.25. The summed E-state index contributed by atoms with van der Waals surface area (Å²) in [5, 5.41) is 3.48. The summed E-state index contributed by atoms with van der Waals surface area (Å²) < 4.78 is 17.6. The van der Waals surface area contributed by atoms with Crippen LogP contribution in [0.3, 0.4) is 0 Å². The smallest absolute Gasteiger partial charge is 0.340 e. The van der Waals surface area contributed by atoms with Crippen molar-refractivity contribution in [1.29, 1.82) is 0 Å². The van der Waals surface area contributed by atoms with E-state index in [2.05, 4.69) is 5.32 Å². The summed E-state index contributed by atoms with van der Waals surface area (Å²) in [5.41, 5.74) is 1.48. The highest BCUT2D eigenvalue weighted by molar-refractivity contribution is 7.80. The number of carbonyl (C=O) groups excluding carboxylic acids is 3. The first kappa shape index (κ1) is 25.2. The molecule has 1 atom stereocenters. The van der Waals surface area contributed by atoms with E-state index in [9.17, 15) is 14.4 Å². The van der Waals surface area contributed by atoms with Gasteiger partial charge in [-0.1, -0.05) is 41.5 Å². The van der Waals surface area contributed by atoms with Crippen LogP contribution in [0.25, 0.3) is 0 Å². The maximum Gasteiger partial charge on any atom is 0.340 e. The zero-order valence-electron chi connectivity index (χ0n) is 19.9. The van der Waals surface area contributed by atoms with Crippen molar-refractivity contribution in [2.75, 3.05) is 5.32 Å². The summed E-state index contributed by atoms with van der Waals surface area (Å²) in [6.45, 7) is 4.45. The van der Waals surface area contributed by atoms with Gasteiger partial charge in [-0.15, -0.1) is 0 Å². The van der Waals surface area contributed by atoms with Gasteiger partial charge in [0.15, 0.2) is 11.4 Å². The quantitative estimate of drug-likeness (QED) is 0.225. The van der Waals surface area contributed by atoms with Crippen LogP contribution in [0, 0.1) is 0 Å². The highest BCUT2D eigenvalue weighted by Crippen LogP contribution is 2.58. The minimum atomic E-state index is -1.46. The van der Waals surface area contributed by atoms with E-state index in [0.717, 1.165) is 0 Å². The number of ketones is 1. The first-order chi connectivity index (χ1) is 17.5. The van der Waals surface area contributed by atoms with Crippen LogP contribution in [-0.2, 0) is 26.3 Å². The van der Waals surface area contributed by atoms with Crippen LogP contribution in [0.5, 0.6) is 17.2 Å². The topological polar surface area (TPSA) is 90.9 Å². The minimum absolute atomic E-state index is 0.0804. The number of anilines is 1. The highest BCUT2D eigenvalue weighted by atomic mass is 35.5. The summed E-state index contributed by atoms with van der Waals surface area (Å²) in [6, 6.07) is 11.5.